The molecule has 4 aromatic carbocycles. The summed E-state index contributed by atoms with van der Waals surface area (Å²) in [6.07, 6.45) is -9.97. The van der Waals surface area contributed by atoms with Gasteiger partial charge in [-0.1, -0.05) is 48.5 Å². The molecule has 6 nitrogen and oxygen atoms in total. The van der Waals surface area contributed by atoms with Gasteiger partial charge in [0.1, 0.15) is 0 Å². The van der Waals surface area contributed by atoms with Crippen LogP contribution in [0.3, 0.4) is 0 Å². The van der Waals surface area contributed by atoms with Gasteiger partial charge in [0.05, 0.1) is 16.0 Å². The molecule has 0 aliphatic carbocycles. The Balaban J connectivity index is 0.00000462. The molecule has 0 bridgehead atoms. The Morgan fingerprint density at radius 1 is 0.707 bits per heavy atom. The lowest BCUT2D eigenvalue weighted by molar-refractivity contribution is -0.143. The topological polar surface area (TPSA) is 102 Å². The van der Waals surface area contributed by atoms with E-state index in [4.69, 9.17) is 0 Å². The minimum absolute atomic E-state index is 0. The molecule has 0 spiro atoms. The van der Waals surface area contributed by atoms with Crippen LogP contribution < -0.4 is 15.4 Å². The average molecular weight is 596 g/mol. The molecule has 0 aliphatic heterocycles. The molecule has 1 unspecified atom stereocenters. The maximum Gasteiger partial charge on any atom is 0.416 e. The second-order valence-corrected chi connectivity index (χ2v) is 9.71. The van der Waals surface area contributed by atoms with Gasteiger partial charge in [-0.05, 0) is 65.2 Å². The third-order valence-corrected chi connectivity index (χ3v) is 6.80. The molecule has 2 amide bonds. The zero-order chi connectivity index (χ0) is 28.9. The van der Waals surface area contributed by atoms with Gasteiger partial charge >= 0.3 is 18.4 Å². The molecule has 0 saturated heterocycles. The van der Waals surface area contributed by atoms with Crippen molar-refractivity contribution in [2.24, 2.45) is 0 Å². The minimum Gasteiger partial charge on any atom is -0.412 e. The van der Waals surface area contributed by atoms with Crippen LogP contribution in [0.4, 0.5) is 42.5 Å². The van der Waals surface area contributed by atoms with E-state index in [1.807, 2.05) is 42.5 Å². The van der Waals surface area contributed by atoms with E-state index in [0.29, 0.717) is 28.4 Å². The van der Waals surface area contributed by atoms with Gasteiger partial charge in [-0.25, -0.2) is 9.00 Å². The van der Waals surface area contributed by atoms with Crippen LogP contribution in [0.1, 0.15) is 16.7 Å². The second kappa shape index (κ2) is 12.9. The van der Waals surface area contributed by atoms with E-state index < -0.39 is 47.0 Å². The van der Waals surface area contributed by atoms with Gasteiger partial charge in [-0.15, -0.1) is 0 Å². The van der Waals surface area contributed by atoms with E-state index in [0.717, 1.165) is 11.1 Å². The van der Waals surface area contributed by atoms with Gasteiger partial charge in [-0.2, -0.15) is 26.3 Å². The number of benzene rings is 4. The fraction of sp³-hybridized carbons (Fsp3) is 0.107. The van der Waals surface area contributed by atoms with E-state index >= 15 is 0 Å². The number of alkyl halides is 6. The zero-order valence-electron chi connectivity index (χ0n) is 20.9. The summed E-state index contributed by atoms with van der Waals surface area (Å²) < 4.78 is 94.2. The first-order valence-electron chi connectivity index (χ1n) is 11.7. The summed E-state index contributed by atoms with van der Waals surface area (Å²) in [7, 11) is -1.61. The first-order valence-corrected chi connectivity index (χ1v) is 12.8. The van der Waals surface area contributed by atoms with Crippen molar-refractivity contribution in [1.29, 1.82) is 0 Å². The molecule has 216 valence electrons. The number of halogens is 6. The van der Waals surface area contributed by atoms with Crippen molar-refractivity contribution in [3.63, 3.8) is 0 Å². The molecule has 5 N–H and O–H groups in total. The molecule has 0 fully saturated rings. The summed E-state index contributed by atoms with van der Waals surface area (Å²) in [5.74, 6) is 0. The predicted octanol–water partition coefficient (Wildman–Crippen LogP) is 7.02. The summed E-state index contributed by atoms with van der Waals surface area (Å²) in [6.45, 7) is -0.571. The van der Waals surface area contributed by atoms with E-state index in [9.17, 15) is 35.3 Å². The zero-order valence-corrected chi connectivity index (χ0v) is 21.8. The van der Waals surface area contributed by atoms with E-state index in [1.165, 1.54) is 12.1 Å². The number of carbonyl (C=O) groups excluding carboxylic acids is 1. The van der Waals surface area contributed by atoms with Crippen LogP contribution in [-0.4, -0.2) is 15.7 Å². The van der Waals surface area contributed by atoms with Crippen molar-refractivity contribution in [3.05, 3.63) is 114 Å². The molecule has 0 radical (unpaired) electrons. The Hall–Kier alpha value is -4.36. The van der Waals surface area contributed by atoms with Crippen LogP contribution in [0, 0.1) is 0 Å². The Bertz CT molecular complexity index is 1480. The fourth-order valence-corrected chi connectivity index (χ4v) is 4.80. The molecule has 13 heteroatoms. The second-order valence-electron chi connectivity index (χ2n) is 8.53. The van der Waals surface area contributed by atoms with Gasteiger partial charge < -0.3 is 20.8 Å². The summed E-state index contributed by atoms with van der Waals surface area (Å²) in [6, 6.07) is 23.1. The highest BCUT2D eigenvalue weighted by molar-refractivity contribution is 7.86. The summed E-state index contributed by atoms with van der Waals surface area (Å²) in [5.41, 5.74) is -0.826. The first-order chi connectivity index (χ1) is 18.9. The molecule has 4 rings (SSSR count). The van der Waals surface area contributed by atoms with Crippen molar-refractivity contribution in [3.8, 4) is 11.1 Å². The number of urea groups is 1. The summed E-state index contributed by atoms with van der Waals surface area (Å²) in [4.78, 5) is 12.8. The lowest BCUT2D eigenvalue weighted by atomic mass is 10.0. The Morgan fingerprint density at radius 2 is 1.24 bits per heavy atom. The van der Waals surface area contributed by atoms with Crippen LogP contribution in [0.15, 0.2) is 102 Å². The Kier molecular flexibility index (Phi) is 9.79. The van der Waals surface area contributed by atoms with Crippen LogP contribution in [0.25, 0.3) is 11.1 Å². The number of hydrogen-bond donors (Lipinski definition) is 3. The molecule has 0 aromatic heterocycles. The standard InChI is InChI=1S/C28H21F6N3O2S.H2O/c29-27(30,31)20-14-18(15-21(16-20)28(32,33)34)17-35-26(38)36-22-10-12-23(13-11-22)37-40(39)25-9-5-4-8-24(25)19-6-2-1-3-7-19;/h1-16,37H,17H2,(H2,35,36,38);1H2. The number of rotatable bonds is 7. The van der Waals surface area contributed by atoms with Crippen molar-refractivity contribution in [2.45, 2.75) is 23.8 Å². The predicted molar refractivity (Wildman–Crippen MR) is 144 cm³/mol. The third kappa shape index (κ3) is 8.32. The van der Waals surface area contributed by atoms with Gasteiger partial charge in [0, 0.05) is 17.9 Å². The molecule has 41 heavy (non-hydrogen) atoms. The van der Waals surface area contributed by atoms with E-state index in [1.54, 1.807) is 24.3 Å². The number of hydrogen-bond acceptors (Lipinski definition) is 2. The SMILES string of the molecule is O.O=C(NCc1cc(C(F)(F)F)cc(C(F)(F)F)c1)Nc1ccc(NS(=O)c2ccccc2-c2ccccc2)cc1. The quantitative estimate of drug-likeness (QED) is 0.200. The number of carbonyl (C=O) groups is 1. The highest BCUT2D eigenvalue weighted by atomic mass is 32.2. The maximum absolute atomic E-state index is 13.0. The number of amides is 2. The summed E-state index contributed by atoms with van der Waals surface area (Å²) in [5, 5.41) is 4.69. The average Bonchev–Trinajstić information content (AvgIpc) is 2.92. The smallest absolute Gasteiger partial charge is 0.412 e. The van der Waals surface area contributed by atoms with Gasteiger partial charge in [0.25, 0.3) is 0 Å². The minimum atomic E-state index is -4.98. The molecule has 0 aliphatic rings. The van der Waals surface area contributed by atoms with Gasteiger partial charge in [0.15, 0.2) is 11.0 Å². The van der Waals surface area contributed by atoms with Crippen LogP contribution in [0.2, 0.25) is 0 Å². The highest BCUT2D eigenvalue weighted by Crippen LogP contribution is 2.36. The van der Waals surface area contributed by atoms with Crippen molar-refractivity contribution in [1.82, 2.24) is 5.32 Å². The highest BCUT2D eigenvalue weighted by Gasteiger charge is 2.36. The summed E-state index contributed by atoms with van der Waals surface area (Å²) >= 11 is 0. The first kappa shape index (κ1) is 31.2. The largest absolute Gasteiger partial charge is 0.416 e. The van der Waals surface area contributed by atoms with Crippen molar-refractivity contribution in [2.75, 3.05) is 10.0 Å². The third-order valence-electron chi connectivity index (χ3n) is 5.63. The maximum atomic E-state index is 13.0. The number of nitrogens with one attached hydrogen (secondary N) is 3. The Labute approximate surface area is 233 Å². The normalized spacial score (nSPS) is 12.1. The molecular weight excluding hydrogens is 572 g/mol. The lowest BCUT2D eigenvalue weighted by Gasteiger charge is -2.15. The molecule has 0 saturated carbocycles. The van der Waals surface area contributed by atoms with Crippen molar-refractivity contribution >= 4 is 28.4 Å². The van der Waals surface area contributed by atoms with Crippen LogP contribution >= 0.6 is 0 Å². The van der Waals surface area contributed by atoms with Gasteiger partial charge in [0.2, 0.25) is 0 Å². The molecule has 1 atom stereocenters. The Morgan fingerprint density at radius 3 is 1.83 bits per heavy atom. The molecular formula is C28H23F6N3O3S. The van der Waals surface area contributed by atoms with Gasteiger partial charge in [-0.3, -0.25) is 0 Å². The van der Waals surface area contributed by atoms with E-state index in [2.05, 4.69) is 15.4 Å². The molecule has 4 aromatic rings. The number of anilines is 2. The van der Waals surface area contributed by atoms with Crippen molar-refractivity contribution < 1.29 is 40.8 Å². The van der Waals surface area contributed by atoms with E-state index in [-0.39, 0.29) is 17.1 Å². The fourth-order valence-electron chi connectivity index (χ4n) is 3.75. The van der Waals surface area contributed by atoms with Crippen LogP contribution in [-0.2, 0) is 29.9 Å². The monoisotopic (exact) mass is 595 g/mol. The lowest BCUT2D eigenvalue weighted by Crippen LogP contribution is -2.28. The van der Waals surface area contributed by atoms with Crippen LogP contribution in [0.5, 0.6) is 0 Å². The molecule has 0 heterocycles.